The molecule has 2 fully saturated rings. The lowest BCUT2D eigenvalue weighted by Gasteiger charge is -2.21. The first-order chi connectivity index (χ1) is 14.4. The van der Waals surface area contributed by atoms with Crippen LogP contribution in [0.25, 0.3) is 0 Å². The van der Waals surface area contributed by atoms with Crippen LogP contribution in [0.1, 0.15) is 37.8 Å². The van der Waals surface area contributed by atoms with Crippen LogP contribution in [0.4, 0.5) is 4.39 Å². The molecule has 1 aromatic rings. The molecule has 8 heteroatoms. The fourth-order valence-electron chi connectivity index (χ4n) is 3.11. The number of benzene rings is 1. The maximum atomic E-state index is 14.5. The number of nitrogens with zero attached hydrogens (tertiary/aromatic N) is 2. The molecule has 2 N–H and O–H groups in total. The molecule has 2 aliphatic rings. The van der Waals surface area contributed by atoms with Gasteiger partial charge in [0, 0.05) is 33.2 Å². The molecule has 3 rings (SSSR count). The highest BCUT2D eigenvalue weighted by atomic mass is 19.1. The second-order valence-electron chi connectivity index (χ2n) is 8.37. The maximum Gasteiger partial charge on any atom is 0.243 e. The van der Waals surface area contributed by atoms with Gasteiger partial charge < -0.3 is 25.0 Å². The topological polar surface area (TPSA) is 75.2 Å². The number of carbonyl (C=O) groups is 1. The average molecular weight is 421 g/mol. The first-order valence-corrected chi connectivity index (χ1v) is 10.7. The van der Waals surface area contributed by atoms with Gasteiger partial charge in [0.15, 0.2) is 17.5 Å². The van der Waals surface area contributed by atoms with Gasteiger partial charge in [-0.05, 0) is 49.8 Å². The van der Waals surface area contributed by atoms with Gasteiger partial charge in [-0.1, -0.05) is 6.07 Å². The number of ether oxygens (including phenoxy) is 2. The molecule has 1 aliphatic heterocycles. The first kappa shape index (κ1) is 22.3. The lowest BCUT2D eigenvalue weighted by Crippen LogP contribution is -2.42. The highest BCUT2D eigenvalue weighted by Gasteiger charge is 2.23. The summed E-state index contributed by atoms with van der Waals surface area (Å²) in [5.41, 5.74) is 0.781. The molecule has 1 saturated heterocycles. The third-order valence-electron chi connectivity index (χ3n) is 5.43. The van der Waals surface area contributed by atoms with Crippen molar-refractivity contribution in [1.82, 2.24) is 15.5 Å². The minimum absolute atomic E-state index is 0.0402. The van der Waals surface area contributed by atoms with E-state index in [2.05, 4.69) is 15.6 Å². The number of rotatable bonds is 9. The average Bonchev–Trinajstić information content (AvgIpc) is 3.41. The van der Waals surface area contributed by atoms with Gasteiger partial charge in [-0.2, -0.15) is 0 Å². The molecule has 1 amide bonds. The summed E-state index contributed by atoms with van der Waals surface area (Å²) in [7, 11) is 3.40. The van der Waals surface area contributed by atoms with E-state index in [1.165, 1.54) is 23.8 Å². The SMILES string of the molecule is CC(NC(=NCC(=O)N(C)C)NCC1CCOC1)c1ccc(OCC2CC2)c(F)c1. The van der Waals surface area contributed by atoms with E-state index in [1.54, 1.807) is 20.2 Å². The first-order valence-electron chi connectivity index (χ1n) is 10.7. The molecule has 0 aromatic heterocycles. The molecule has 1 aromatic carbocycles. The number of hydrogen-bond acceptors (Lipinski definition) is 4. The zero-order valence-corrected chi connectivity index (χ0v) is 18.1. The van der Waals surface area contributed by atoms with Crippen molar-refractivity contribution in [3.63, 3.8) is 0 Å². The third kappa shape index (κ3) is 6.86. The summed E-state index contributed by atoms with van der Waals surface area (Å²) in [4.78, 5) is 17.9. The Balaban J connectivity index is 1.61. The lowest BCUT2D eigenvalue weighted by atomic mass is 10.1. The van der Waals surface area contributed by atoms with Gasteiger partial charge in [0.1, 0.15) is 6.54 Å². The van der Waals surface area contributed by atoms with Crippen molar-refractivity contribution in [2.75, 3.05) is 47.0 Å². The highest BCUT2D eigenvalue weighted by molar-refractivity contribution is 5.85. The van der Waals surface area contributed by atoms with Crippen LogP contribution in [0, 0.1) is 17.7 Å². The molecule has 166 valence electrons. The molecular weight excluding hydrogens is 387 g/mol. The predicted molar refractivity (Wildman–Crippen MR) is 114 cm³/mol. The molecule has 2 atom stereocenters. The van der Waals surface area contributed by atoms with Crippen molar-refractivity contribution < 1.29 is 18.7 Å². The maximum absolute atomic E-state index is 14.5. The molecule has 1 saturated carbocycles. The van der Waals surface area contributed by atoms with E-state index in [9.17, 15) is 9.18 Å². The number of hydrogen-bond donors (Lipinski definition) is 2. The molecule has 7 nitrogen and oxygen atoms in total. The summed E-state index contributed by atoms with van der Waals surface area (Å²) < 4.78 is 25.4. The standard InChI is InChI=1S/C22H33FN4O3/c1-15(18-6-7-20(19(23)10-18)30-14-16-4-5-16)26-22(25-12-21(28)27(2)3)24-11-17-8-9-29-13-17/h6-7,10,15-17H,4-5,8-9,11-14H2,1-3H3,(H2,24,25,26). The van der Waals surface area contributed by atoms with Crippen molar-refractivity contribution in [2.45, 2.75) is 32.2 Å². The van der Waals surface area contributed by atoms with Crippen molar-refractivity contribution in [1.29, 1.82) is 0 Å². The molecule has 0 radical (unpaired) electrons. The van der Waals surface area contributed by atoms with E-state index in [0.29, 0.717) is 36.7 Å². The lowest BCUT2D eigenvalue weighted by molar-refractivity contribution is -0.127. The monoisotopic (exact) mass is 420 g/mol. The van der Waals surface area contributed by atoms with Crippen LogP contribution in [0.15, 0.2) is 23.2 Å². The zero-order chi connectivity index (χ0) is 21.5. The minimum atomic E-state index is -0.362. The van der Waals surface area contributed by atoms with Gasteiger partial charge >= 0.3 is 0 Å². The van der Waals surface area contributed by atoms with Crippen LogP contribution >= 0.6 is 0 Å². The highest BCUT2D eigenvalue weighted by Crippen LogP contribution is 2.30. The van der Waals surface area contributed by atoms with Crippen LogP contribution in [-0.4, -0.2) is 63.8 Å². The second kappa shape index (κ2) is 10.6. The van der Waals surface area contributed by atoms with Crippen molar-refractivity contribution in [2.24, 2.45) is 16.8 Å². The smallest absolute Gasteiger partial charge is 0.243 e. The fourth-order valence-corrected chi connectivity index (χ4v) is 3.11. The minimum Gasteiger partial charge on any atom is -0.490 e. The molecule has 0 bridgehead atoms. The van der Waals surface area contributed by atoms with Crippen LogP contribution in [-0.2, 0) is 9.53 Å². The van der Waals surface area contributed by atoms with E-state index in [0.717, 1.165) is 25.2 Å². The fraction of sp³-hybridized carbons (Fsp3) is 0.636. The Morgan fingerprint density at radius 2 is 2.13 bits per heavy atom. The van der Waals surface area contributed by atoms with E-state index in [-0.39, 0.29) is 24.3 Å². The zero-order valence-electron chi connectivity index (χ0n) is 18.1. The summed E-state index contributed by atoms with van der Waals surface area (Å²) in [6.45, 7) is 4.75. The number of carbonyl (C=O) groups excluding carboxylic acids is 1. The van der Waals surface area contributed by atoms with Gasteiger partial charge in [0.25, 0.3) is 0 Å². The Hall–Kier alpha value is -2.35. The van der Waals surface area contributed by atoms with Crippen molar-refractivity contribution in [3.8, 4) is 5.75 Å². The number of halogens is 1. The molecule has 1 aliphatic carbocycles. The van der Waals surface area contributed by atoms with Gasteiger partial charge in [0.05, 0.1) is 19.3 Å². The summed E-state index contributed by atoms with van der Waals surface area (Å²) in [6.07, 6.45) is 3.33. The van der Waals surface area contributed by atoms with Gasteiger partial charge in [-0.3, -0.25) is 4.79 Å². The molecule has 2 unspecified atom stereocenters. The molecule has 30 heavy (non-hydrogen) atoms. The Morgan fingerprint density at radius 1 is 1.33 bits per heavy atom. The Labute approximate surface area is 178 Å². The number of amides is 1. The van der Waals surface area contributed by atoms with Crippen LogP contribution in [0.3, 0.4) is 0 Å². The Bertz CT molecular complexity index is 746. The summed E-state index contributed by atoms with van der Waals surface area (Å²) in [6, 6.07) is 4.84. The van der Waals surface area contributed by atoms with Crippen molar-refractivity contribution in [3.05, 3.63) is 29.6 Å². The van der Waals surface area contributed by atoms with Crippen LogP contribution in [0.2, 0.25) is 0 Å². The van der Waals surface area contributed by atoms with Gasteiger partial charge in [-0.15, -0.1) is 0 Å². The third-order valence-corrected chi connectivity index (χ3v) is 5.43. The summed E-state index contributed by atoms with van der Waals surface area (Å²) >= 11 is 0. The Morgan fingerprint density at radius 3 is 2.77 bits per heavy atom. The number of guanidine groups is 1. The van der Waals surface area contributed by atoms with Crippen LogP contribution in [0.5, 0.6) is 5.75 Å². The largest absolute Gasteiger partial charge is 0.490 e. The second-order valence-corrected chi connectivity index (χ2v) is 8.37. The number of likely N-dealkylation sites (N-methyl/N-ethyl adjacent to an activating group) is 1. The normalized spacial score (nSPS) is 20.0. The van der Waals surface area contributed by atoms with Crippen LogP contribution < -0.4 is 15.4 Å². The van der Waals surface area contributed by atoms with Crippen molar-refractivity contribution >= 4 is 11.9 Å². The van der Waals surface area contributed by atoms with E-state index >= 15 is 0 Å². The molecular formula is C22H33FN4O3. The number of nitrogens with one attached hydrogen (secondary N) is 2. The Kier molecular flexibility index (Phi) is 7.90. The molecule has 0 spiro atoms. The molecule has 1 heterocycles. The number of aliphatic imine (C=N–C) groups is 1. The van der Waals surface area contributed by atoms with E-state index in [4.69, 9.17) is 9.47 Å². The quantitative estimate of drug-likeness (QED) is 0.474. The van der Waals surface area contributed by atoms with Gasteiger partial charge in [0.2, 0.25) is 5.91 Å². The van der Waals surface area contributed by atoms with E-state index in [1.807, 2.05) is 13.0 Å². The van der Waals surface area contributed by atoms with Gasteiger partial charge in [-0.25, -0.2) is 9.38 Å². The van der Waals surface area contributed by atoms with E-state index < -0.39 is 0 Å². The summed E-state index contributed by atoms with van der Waals surface area (Å²) in [5, 5.41) is 6.57. The summed E-state index contributed by atoms with van der Waals surface area (Å²) in [5.74, 6) is 1.36. The predicted octanol–water partition coefficient (Wildman–Crippen LogP) is 2.34.